The van der Waals surface area contributed by atoms with Crippen molar-refractivity contribution in [1.29, 1.82) is 0 Å². The van der Waals surface area contributed by atoms with E-state index in [-0.39, 0.29) is 42.2 Å². The zero-order valence-corrected chi connectivity index (χ0v) is 13.1. The molecule has 0 saturated heterocycles. The number of hydrogen-bond donors (Lipinski definition) is 1. The number of hydrogen-bond acceptors (Lipinski definition) is 4. The van der Waals surface area contributed by atoms with E-state index in [1.54, 1.807) is 19.0 Å². The van der Waals surface area contributed by atoms with Crippen LogP contribution in [0, 0.1) is 16.7 Å². The van der Waals surface area contributed by atoms with Gasteiger partial charge in [0.25, 0.3) is 0 Å². The molecule has 2 bridgehead atoms. The number of carbonyl (C=O) groups is 2. The second-order valence-corrected chi connectivity index (χ2v) is 7.12. The zero-order valence-electron chi connectivity index (χ0n) is 13.1. The smallest absolute Gasteiger partial charge is 0.236 e. The molecule has 0 aromatic heterocycles. The Morgan fingerprint density at radius 1 is 1.35 bits per heavy atom. The van der Waals surface area contributed by atoms with E-state index in [4.69, 9.17) is 0 Å². The van der Waals surface area contributed by atoms with Gasteiger partial charge >= 0.3 is 0 Å². The highest BCUT2D eigenvalue weighted by molar-refractivity contribution is 5.95. The molecule has 5 heteroatoms. The minimum atomic E-state index is -0.613. The van der Waals surface area contributed by atoms with E-state index in [2.05, 4.69) is 13.8 Å². The van der Waals surface area contributed by atoms with Crippen LogP contribution in [0.15, 0.2) is 0 Å². The van der Waals surface area contributed by atoms with E-state index in [1.165, 1.54) is 0 Å². The number of aliphatic hydroxyl groups excluding tert-OH is 1. The van der Waals surface area contributed by atoms with Gasteiger partial charge in [-0.15, -0.1) is 0 Å². The van der Waals surface area contributed by atoms with Gasteiger partial charge in [-0.05, 0) is 31.2 Å². The Bertz CT molecular complexity index is 433. The van der Waals surface area contributed by atoms with Gasteiger partial charge in [0.2, 0.25) is 5.91 Å². The second kappa shape index (κ2) is 4.81. The maximum atomic E-state index is 12.8. The minimum Gasteiger partial charge on any atom is -0.395 e. The molecule has 3 atom stereocenters. The van der Waals surface area contributed by atoms with Crippen LogP contribution in [0.1, 0.15) is 26.7 Å². The Labute approximate surface area is 120 Å². The summed E-state index contributed by atoms with van der Waals surface area (Å²) in [7, 11) is 5.28. The molecule has 0 heterocycles. The normalized spacial score (nSPS) is 34.9. The largest absolute Gasteiger partial charge is 0.395 e. The second-order valence-electron chi connectivity index (χ2n) is 7.12. The van der Waals surface area contributed by atoms with Crippen LogP contribution >= 0.6 is 0 Å². The van der Waals surface area contributed by atoms with Gasteiger partial charge in [-0.1, -0.05) is 13.8 Å². The maximum absolute atomic E-state index is 12.8. The number of nitrogens with zero attached hydrogens (tertiary/aromatic N) is 2. The number of ketones is 1. The Morgan fingerprint density at radius 2 is 1.95 bits per heavy atom. The van der Waals surface area contributed by atoms with Crippen LogP contribution in [-0.2, 0) is 9.59 Å². The van der Waals surface area contributed by atoms with E-state index in [0.717, 1.165) is 12.8 Å². The fourth-order valence-corrected chi connectivity index (χ4v) is 4.22. The number of likely N-dealkylation sites (N-methyl/N-ethyl adjacent to an activating group) is 2. The van der Waals surface area contributed by atoms with Crippen LogP contribution in [0.25, 0.3) is 0 Å². The molecular weight excluding hydrogens is 256 g/mol. The molecule has 3 unspecified atom stereocenters. The van der Waals surface area contributed by atoms with E-state index < -0.39 is 5.41 Å². The molecule has 0 aliphatic heterocycles. The number of carbonyl (C=O) groups excluding carboxylic acids is 2. The molecule has 1 amide bonds. The summed E-state index contributed by atoms with van der Waals surface area (Å²) in [6.07, 6.45) is 1.72. The molecule has 0 radical (unpaired) electrons. The highest BCUT2D eigenvalue weighted by Gasteiger charge is 2.69. The molecule has 20 heavy (non-hydrogen) atoms. The summed E-state index contributed by atoms with van der Waals surface area (Å²) >= 11 is 0. The van der Waals surface area contributed by atoms with Gasteiger partial charge in [0.15, 0.2) is 5.78 Å². The van der Waals surface area contributed by atoms with Crippen molar-refractivity contribution in [2.45, 2.75) is 32.7 Å². The minimum absolute atomic E-state index is 0.000993. The van der Waals surface area contributed by atoms with Crippen molar-refractivity contribution in [2.24, 2.45) is 16.7 Å². The molecule has 2 saturated carbocycles. The van der Waals surface area contributed by atoms with Gasteiger partial charge in [0.1, 0.15) is 0 Å². The third-order valence-corrected chi connectivity index (χ3v) is 5.79. The first-order valence-corrected chi connectivity index (χ1v) is 7.24. The summed E-state index contributed by atoms with van der Waals surface area (Å²) in [5.74, 6) is 0.344. The summed E-state index contributed by atoms with van der Waals surface area (Å²) < 4.78 is 0. The fraction of sp³-hybridized carbons (Fsp3) is 0.867. The number of aliphatic hydroxyl groups is 1. The zero-order chi connectivity index (χ0) is 15.3. The molecule has 2 aliphatic carbocycles. The number of amides is 1. The van der Waals surface area contributed by atoms with Gasteiger partial charge in [-0.2, -0.15) is 0 Å². The SMILES string of the molecule is CN(C)C(=O)CN(C)C1C(=O)C2(CO)CCC1C2(C)C. The van der Waals surface area contributed by atoms with E-state index in [0.29, 0.717) is 0 Å². The topological polar surface area (TPSA) is 60.9 Å². The van der Waals surface area contributed by atoms with Crippen molar-refractivity contribution < 1.29 is 14.7 Å². The summed E-state index contributed by atoms with van der Waals surface area (Å²) in [5.41, 5.74) is -0.809. The molecule has 2 fully saturated rings. The van der Waals surface area contributed by atoms with Crippen molar-refractivity contribution in [3.05, 3.63) is 0 Å². The first-order valence-electron chi connectivity index (χ1n) is 7.24. The molecule has 0 spiro atoms. The highest BCUT2D eigenvalue weighted by Crippen LogP contribution is 2.64. The summed E-state index contributed by atoms with van der Waals surface area (Å²) in [5, 5.41) is 9.80. The van der Waals surface area contributed by atoms with Crippen molar-refractivity contribution in [1.82, 2.24) is 9.80 Å². The quantitative estimate of drug-likeness (QED) is 0.809. The lowest BCUT2D eigenvalue weighted by atomic mass is 9.69. The molecule has 2 aliphatic rings. The molecule has 1 N–H and O–H groups in total. The lowest BCUT2D eigenvalue weighted by Gasteiger charge is -2.34. The lowest BCUT2D eigenvalue weighted by Crippen LogP contribution is -2.49. The van der Waals surface area contributed by atoms with Crippen molar-refractivity contribution in [3.8, 4) is 0 Å². The van der Waals surface area contributed by atoms with Crippen LogP contribution in [0.4, 0.5) is 0 Å². The third-order valence-electron chi connectivity index (χ3n) is 5.79. The van der Waals surface area contributed by atoms with Crippen LogP contribution < -0.4 is 0 Å². The van der Waals surface area contributed by atoms with Crippen LogP contribution in [0.2, 0.25) is 0 Å². The van der Waals surface area contributed by atoms with Crippen molar-refractivity contribution >= 4 is 11.7 Å². The average Bonchev–Trinajstić information content (AvgIpc) is 2.71. The third kappa shape index (κ3) is 1.83. The van der Waals surface area contributed by atoms with Gasteiger partial charge in [-0.3, -0.25) is 14.5 Å². The Morgan fingerprint density at radius 3 is 2.40 bits per heavy atom. The highest BCUT2D eigenvalue weighted by atomic mass is 16.3. The van der Waals surface area contributed by atoms with Gasteiger partial charge in [-0.25, -0.2) is 0 Å². The van der Waals surface area contributed by atoms with Crippen molar-refractivity contribution in [2.75, 3.05) is 34.3 Å². The monoisotopic (exact) mass is 282 g/mol. The summed E-state index contributed by atoms with van der Waals surface area (Å²) in [6, 6.07) is -0.241. The predicted molar refractivity (Wildman–Crippen MR) is 76.1 cm³/mol. The maximum Gasteiger partial charge on any atom is 0.236 e. The van der Waals surface area contributed by atoms with E-state index >= 15 is 0 Å². The molecule has 5 nitrogen and oxygen atoms in total. The molecule has 2 rings (SSSR count). The standard InChI is InChI=1S/C15H26N2O3/c1-14(2)10-6-7-15(14,9-18)13(20)12(10)17(5)8-11(19)16(3)4/h10,12,18H,6-9H2,1-5H3. The summed E-state index contributed by atoms with van der Waals surface area (Å²) in [4.78, 5) is 28.1. The Kier molecular flexibility index (Phi) is 3.71. The molecular formula is C15H26N2O3. The lowest BCUT2D eigenvalue weighted by molar-refractivity contribution is -0.137. The fourth-order valence-electron chi connectivity index (χ4n) is 4.22. The molecule has 114 valence electrons. The van der Waals surface area contributed by atoms with Gasteiger partial charge in [0, 0.05) is 14.1 Å². The summed E-state index contributed by atoms with van der Waals surface area (Å²) in [6.45, 7) is 4.33. The molecule has 0 aromatic rings. The van der Waals surface area contributed by atoms with Gasteiger partial charge < -0.3 is 10.0 Å². The van der Waals surface area contributed by atoms with E-state index in [9.17, 15) is 14.7 Å². The van der Waals surface area contributed by atoms with Gasteiger partial charge in [0.05, 0.1) is 24.6 Å². The van der Waals surface area contributed by atoms with Crippen LogP contribution in [-0.4, -0.2) is 66.9 Å². The number of rotatable bonds is 4. The Balaban J connectivity index is 2.23. The first-order chi connectivity index (χ1) is 9.19. The number of Topliss-reactive ketones (excluding diaryl/α,β-unsaturated/α-hetero) is 1. The van der Waals surface area contributed by atoms with E-state index in [1.807, 2.05) is 11.9 Å². The van der Waals surface area contributed by atoms with Crippen LogP contribution in [0.3, 0.4) is 0 Å². The van der Waals surface area contributed by atoms with Crippen LogP contribution in [0.5, 0.6) is 0 Å². The number of fused-ring (bicyclic) bond motifs is 2. The van der Waals surface area contributed by atoms with Crippen molar-refractivity contribution in [3.63, 3.8) is 0 Å². The first kappa shape index (κ1) is 15.4. The molecule has 0 aromatic carbocycles. The predicted octanol–water partition coefficient (Wildman–Crippen LogP) is 0.373. The average molecular weight is 282 g/mol. The Hall–Kier alpha value is -0.940.